The van der Waals surface area contributed by atoms with E-state index in [-0.39, 0.29) is 18.2 Å². The number of hydrogen-bond donors (Lipinski definition) is 0. The molecule has 0 aromatic heterocycles. The molecule has 2 fully saturated rings. The highest BCUT2D eigenvalue weighted by molar-refractivity contribution is 6.33. The number of amides is 2. The second-order valence-corrected chi connectivity index (χ2v) is 7.37. The summed E-state index contributed by atoms with van der Waals surface area (Å²) in [6, 6.07) is 14.8. The van der Waals surface area contributed by atoms with Crippen LogP contribution in [0.2, 0.25) is 5.02 Å². The Balaban J connectivity index is 1.45. The Kier molecular flexibility index (Phi) is 5.24. The number of benzene rings is 2. The van der Waals surface area contributed by atoms with E-state index in [0.29, 0.717) is 16.5 Å². The molecule has 2 amide bonds. The average Bonchev–Trinajstić information content (AvgIpc) is 3.03. The van der Waals surface area contributed by atoms with Gasteiger partial charge in [-0.2, -0.15) is 0 Å². The number of hydrogen-bond acceptors (Lipinski definition) is 5. The maximum absolute atomic E-state index is 13.0. The van der Waals surface area contributed by atoms with Gasteiger partial charge >= 0.3 is 0 Å². The summed E-state index contributed by atoms with van der Waals surface area (Å²) in [5, 5.41) is 0.375. The van der Waals surface area contributed by atoms with Gasteiger partial charge in [-0.1, -0.05) is 29.8 Å². The summed E-state index contributed by atoms with van der Waals surface area (Å²) in [4.78, 5) is 31.3. The average molecular weight is 400 g/mol. The molecule has 0 spiro atoms. The number of piperazine rings is 1. The summed E-state index contributed by atoms with van der Waals surface area (Å²) >= 11 is 6.17. The number of carbonyl (C=O) groups excluding carboxylic acids is 2. The van der Waals surface area contributed by atoms with Crippen LogP contribution < -0.4 is 14.5 Å². The van der Waals surface area contributed by atoms with Gasteiger partial charge in [0.2, 0.25) is 5.91 Å². The molecule has 7 heteroatoms. The van der Waals surface area contributed by atoms with Crippen LogP contribution in [-0.2, 0) is 9.59 Å². The predicted octanol–water partition coefficient (Wildman–Crippen LogP) is 2.80. The van der Waals surface area contributed by atoms with Crippen molar-refractivity contribution in [1.82, 2.24) is 4.90 Å². The zero-order chi connectivity index (χ0) is 19.7. The van der Waals surface area contributed by atoms with Crippen molar-refractivity contribution in [2.45, 2.75) is 12.5 Å². The van der Waals surface area contributed by atoms with Crippen molar-refractivity contribution in [2.75, 3.05) is 43.1 Å². The lowest BCUT2D eigenvalue weighted by Crippen LogP contribution is -2.52. The number of para-hydroxylation sites is 1. The van der Waals surface area contributed by atoms with Crippen LogP contribution in [0.15, 0.2) is 48.5 Å². The summed E-state index contributed by atoms with van der Waals surface area (Å²) in [5.74, 6) is 0.138. The zero-order valence-corrected chi connectivity index (χ0v) is 16.4. The van der Waals surface area contributed by atoms with Crippen LogP contribution in [0, 0.1) is 0 Å². The number of methoxy groups -OCH3 is 1. The van der Waals surface area contributed by atoms with Gasteiger partial charge in [0.15, 0.2) is 0 Å². The third-order valence-corrected chi connectivity index (χ3v) is 5.69. The Morgan fingerprint density at radius 3 is 2.32 bits per heavy atom. The van der Waals surface area contributed by atoms with Gasteiger partial charge in [0.25, 0.3) is 5.91 Å². The largest absolute Gasteiger partial charge is 0.495 e. The van der Waals surface area contributed by atoms with E-state index in [2.05, 4.69) is 21.9 Å². The summed E-state index contributed by atoms with van der Waals surface area (Å²) in [6.45, 7) is 3.15. The van der Waals surface area contributed by atoms with Crippen LogP contribution in [0.25, 0.3) is 0 Å². The lowest BCUT2D eigenvalue weighted by molar-refractivity contribution is -0.123. The van der Waals surface area contributed by atoms with E-state index in [4.69, 9.17) is 16.3 Å². The van der Waals surface area contributed by atoms with Crippen molar-refractivity contribution < 1.29 is 14.3 Å². The minimum atomic E-state index is -0.411. The van der Waals surface area contributed by atoms with Crippen LogP contribution in [0.1, 0.15) is 6.42 Å². The SMILES string of the molecule is COc1ccc(N2C(=O)C[C@H](N3CCN(c4ccccc4)CC3)C2=O)cc1Cl. The number of nitrogens with zero attached hydrogens (tertiary/aromatic N) is 3. The molecule has 0 aliphatic carbocycles. The molecule has 0 bridgehead atoms. The maximum atomic E-state index is 13.0. The predicted molar refractivity (Wildman–Crippen MR) is 109 cm³/mol. The molecular weight excluding hydrogens is 378 g/mol. The molecule has 2 saturated heterocycles. The van der Waals surface area contributed by atoms with Crippen LogP contribution in [0.5, 0.6) is 5.75 Å². The molecule has 2 aromatic carbocycles. The van der Waals surface area contributed by atoms with Gasteiger partial charge in [-0.15, -0.1) is 0 Å². The van der Waals surface area contributed by atoms with Crippen molar-refractivity contribution in [2.24, 2.45) is 0 Å². The lowest BCUT2D eigenvalue weighted by atomic mass is 10.1. The van der Waals surface area contributed by atoms with Gasteiger partial charge in [-0.05, 0) is 30.3 Å². The van der Waals surface area contributed by atoms with Gasteiger partial charge < -0.3 is 9.64 Å². The normalized spacial score (nSPS) is 20.7. The molecule has 0 unspecified atom stereocenters. The van der Waals surface area contributed by atoms with Crippen LogP contribution in [-0.4, -0.2) is 56.0 Å². The molecule has 4 rings (SSSR count). The smallest absolute Gasteiger partial charge is 0.251 e. The molecular formula is C21H22ClN3O3. The quantitative estimate of drug-likeness (QED) is 0.740. The topological polar surface area (TPSA) is 53.1 Å². The van der Waals surface area contributed by atoms with Crippen molar-refractivity contribution in [3.8, 4) is 5.75 Å². The third-order valence-electron chi connectivity index (χ3n) is 5.39. The van der Waals surface area contributed by atoms with E-state index in [1.807, 2.05) is 18.2 Å². The molecule has 1 atom stereocenters. The Morgan fingerprint density at radius 1 is 0.964 bits per heavy atom. The molecule has 28 heavy (non-hydrogen) atoms. The van der Waals surface area contributed by atoms with Crippen molar-refractivity contribution in [3.05, 3.63) is 53.6 Å². The van der Waals surface area contributed by atoms with Crippen molar-refractivity contribution in [1.29, 1.82) is 0 Å². The van der Waals surface area contributed by atoms with Gasteiger partial charge in [0, 0.05) is 31.9 Å². The first-order valence-corrected chi connectivity index (χ1v) is 9.70. The molecule has 0 radical (unpaired) electrons. The summed E-state index contributed by atoms with van der Waals surface area (Å²) in [7, 11) is 1.53. The van der Waals surface area contributed by atoms with E-state index < -0.39 is 6.04 Å². The number of halogens is 1. The maximum Gasteiger partial charge on any atom is 0.251 e. The van der Waals surface area contributed by atoms with E-state index in [1.165, 1.54) is 17.7 Å². The fourth-order valence-corrected chi connectivity index (χ4v) is 4.15. The molecule has 0 N–H and O–H groups in total. The Bertz CT molecular complexity index is 882. The standard InChI is InChI=1S/C21H22ClN3O3/c1-28-19-8-7-16(13-17(19)22)25-20(26)14-18(21(25)27)24-11-9-23(10-12-24)15-5-3-2-4-6-15/h2-8,13,18H,9-12,14H2,1H3/t18-/m0/s1. The number of anilines is 2. The van der Waals surface area contributed by atoms with Crippen LogP contribution >= 0.6 is 11.6 Å². The first kappa shape index (κ1) is 18.8. The summed E-state index contributed by atoms with van der Waals surface area (Å²) < 4.78 is 5.15. The number of rotatable bonds is 4. The van der Waals surface area contributed by atoms with E-state index in [0.717, 1.165) is 26.2 Å². The molecule has 2 aromatic rings. The molecule has 2 aliphatic heterocycles. The zero-order valence-electron chi connectivity index (χ0n) is 15.7. The van der Waals surface area contributed by atoms with Gasteiger partial charge in [0.1, 0.15) is 5.75 Å². The number of carbonyl (C=O) groups is 2. The van der Waals surface area contributed by atoms with Crippen molar-refractivity contribution >= 4 is 34.8 Å². The monoisotopic (exact) mass is 399 g/mol. The highest BCUT2D eigenvalue weighted by Crippen LogP contribution is 2.33. The molecule has 146 valence electrons. The minimum absolute atomic E-state index is 0.181. The minimum Gasteiger partial charge on any atom is -0.495 e. The Hall–Kier alpha value is -2.57. The molecule has 2 heterocycles. The first-order valence-electron chi connectivity index (χ1n) is 9.33. The van der Waals surface area contributed by atoms with E-state index in [9.17, 15) is 9.59 Å². The Labute approximate surface area is 169 Å². The summed E-state index contributed by atoms with van der Waals surface area (Å²) in [5.41, 5.74) is 1.68. The molecule has 2 aliphatic rings. The van der Waals surface area contributed by atoms with Gasteiger partial charge in [0.05, 0.1) is 30.3 Å². The molecule has 0 saturated carbocycles. The van der Waals surface area contributed by atoms with Crippen molar-refractivity contribution in [3.63, 3.8) is 0 Å². The fourth-order valence-electron chi connectivity index (χ4n) is 3.90. The third kappa shape index (κ3) is 3.45. The first-order chi connectivity index (χ1) is 13.6. The second-order valence-electron chi connectivity index (χ2n) is 6.96. The van der Waals surface area contributed by atoms with E-state index >= 15 is 0 Å². The second kappa shape index (κ2) is 7.81. The van der Waals surface area contributed by atoms with Crippen LogP contribution in [0.4, 0.5) is 11.4 Å². The molecule has 6 nitrogen and oxygen atoms in total. The highest BCUT2D eigenvalue weighted by atomic mass is 35.5. The van der Waals surface area contributed by atoms with Gasteiger partial charge in [-0.25, -0.2) is 4.90 Å². The fraction of sp³-hybridized carbons (Fsp3) is 0.333. The number of imide groups is 1. The Morgan fingerprint density at radius 2 is 1.68 bits per heavy atom. The summed E-state index contributed by atoms with van der Waals surface area (Å²) in [6.07, 6.45) is 0.202. The van der Waals surface area contributed by atoms with Crippen LogP contribution in [0.3, 0.4) is 0 Å². The number of ether oxygens (including phenoxy) is 1. The van der Waals surface area contributed by atoms with E-state index in [1.54, 1.807) is 18.2 Å². The highest BCUT2D eigenvalue weighted by Gasteiger charge is 2.43. The van der Waals surface area contributed by atoms with Gasteiger partial charge in [-0.3, -0.25) is 14.5 Å². The lowest BCUT2D eigenvalue weighted by Gasteiger charge is -2.38.